The number of nitro groups is 1. The van der Waals surface area contributed by atoms with Crippen LogP contribution in [0, 0.1) is 10.1 Å². The van der Waals surface area contributed by atoms with Crippen LogP contribution < -0.4 is 8.92 Å². The molecule has 0 aliphatic carbocycles. The second kappa shape index (κ2) is 10.1. The van der Waals surface area contributed by atoms with Crippen molar-refractivity contribution in [3.05, 3.63) is 69.8 Å². The predicted molar refractivity (Wildman–Crippen MR) is 116 cm³/mol. The number of benzene rings is 2. The van der Waals surface area contributed by atoms with E-state index in [2.05, 4.69) is 0 Å². The van der Waals surface area contributed by atoms with Gasteiger partial charge in [0, 0.05) is 30.8 Å². The Morgan fingerprint density at radius 1 is 1.16 bits per heavy atom. The van der Waals surface area contributed by atoms with Crippen LogP contribution in [0.2, 0.25) is 0 Å². The van der Waals surface area contributed by atoms with Gasteiger partial charge >= 0.3 is 10.1 Å². The SMILES string of the molecule is COc1ccc(CN(C(=O)C=Cc2ccc([N+](=O)[O-])cc2)C(C)C)cc1OS(C)(=O)=O. The van der Waals surface area contributed by atoms with Crippen LogP contribution in [0.3, 0.4) is 0 Å². The Kier molecular flexibility index (Phi) is 7.76. The van der Waals surface area contributed by atoms with E-state index >= 15 is 0 Å². The third-order valence-electron chi connectivity index (χ3n) is 4.25. The third-order valence-corrected chi connectivity index (χ3v) is 4.73. The van der Waals surface area contributed by atoms with Crippen molar-refractivity contribution in [3.63, 3.8) is 0 Å². The molecule has 31 heavy (non-hydrogen) atoms. The van der Waals surface area contributed by atoms with Gasteiger partial charge < -0.3 is 13.8 Å². The molecule has 0 saturated heterocycles. The number of hydrogen-bond acceptors (Lipinski definition) is 7. The van der Waals surface area contributed by atoms with Gasteiger partial charge in [-0.15, -0.1) is 0 Å². The van der Waals surface area contributed by atoms with Crippen molar-refractivity contribution < 1.29 is 27.1 Å². The Labute approximate surface area is 181 Å². The summed E-state index contributed by atoms with van der Waals surface area (Å²) < 4.78 is 33.1. The van der Waals surface area contributed by atoms with Crippen molar-refractivity contribution in [3.8, 4) is 11.5 Å². The van der Waals surface area contributed by atoms with E-state index in [1.807, 2.05) is 13.8 Å². The summed E-state index contributed by atoms with van der Waals surface area (Å²) in [5.74, 6) is 0.0319. The molecule has 2 aromatic carbocycles. The third kappa shape index (κ3) is 7.10. The van der Waals surface area contributed by atoms with Crippen LogP contribution >= 0.6 is 0 Å². The highest BCUT2D eigenvalue weighted by Crippen LogP contribution is 2.30. The lowest BCUT2D eigenvalue weighted by atomic mass is 10.1. The Morgan fingerprint density at radius 3 is 2.32 bits per heavy atom. The van der Waals surface area contributed by atoms with E-state index < -0.39 is 15.0 Å². The molecule has 0 radical (unpaired) electrons. The molecule has 0 aromatic heterocycles. The van der Waals surface area contributed by atoms with Crippen molar-refractivity contribution in [2.45, 2.75) is 26.4 Å². The van der Waals surface area contributed by atoms with Gasteiger partial charge in [0.2, 0.25) is 5.91 Å². The first-order valence-electron chi connectivity index (χ1n) is 9.29. The Bertz CT molecular complexity index is 1080. The van der Waals surface area contributed by atoms with Crippen molar-refractivity contribution in [1.82, 2.24) is 4.90 Å². The Balaban J connectivity index is 2.21. The molecule has 2 aromatic rings. The molecule has 0 unspecified atom stereocenters. The topological polar surface area (TPSA) is 116 Å². The summed E-state index contributed by atoms with van der Waals surface area (Å²) in [6, 6.07) is 10.5. The predicted octanol–water partition coefficient (Wildman–Crippen LogP) is 3.39. The zero-order chi connectivity index (χ0) is 23.2. The van der Waals surface area contributed by atoms with E-state index in [0.29, 0.717) is 11.1 Å². The van der Waals surface area contributed by atoms with Gasteiger partial charge in [0.25, 0.3) is 5.69 Å². The number of ether oxygens (including phenoxy) is 1. The quantitative estimate of drug-likeness (QED) is 0.250. The van der Waals surface area contributed by atoms with Crippen LogP contribution in [0.25, 0.3) is 6.08 Å². The Hall–Kier alpha value is -3.40. The second-order valence-electron chi connectivity index (χ2n) is 7.01. The summed E-state index contributed by atoms with van der Waals surface area (Å²) in [7, 11) is -2.35. The highest BCUT2D eigenvalue weighted by atomic mass is 32.2. The fraction of sp³-hybridized carbons (Fsp3) is 0.286. The van der Waals surface area contributed by atoms with Gasteiger partial charge in [-0.05, 0) is 55.3 Å². The van der Waals surface area contributed by atoms with Crippen molar-refractivity contribution in [2.75, 3.05) is 13.4 Å². The summed E-state index contributed by atoms with van der Waals surface area (Å²) in [4.78, 5) is 24.6. The minimum atomic E-state index is -3.75. The van der Waals surface area contributed by atoms with Gasteiger partial charge in [-0.2, -0.15) is 8.42 Å². The number of hydrogen-bond donors (Lipinski definition) is 0. The first-order valence-corrected chi connectivity index (χ1v) is 11.1. The van der Waals surface area contributed by atoms with Crippen LogP contribution in [-0.4, -0.2) is 43.6 Å². The van der Waals surface area contributed by atoms with Crippen molar-refractivity contribution in [2.24, 2.45) is 0 Å². The van der Waals surface area contributed by atoms with Gasteiger partial charge in [0.05, 0.1) is 18.3 Å². The van der Waals surface area contributed by atoms with Gasteiger partial charge in [-0.1, -0.05) is 6.07 Å². The Morgan fingerprint density at radius 2 is 1.81 bits per heavy atom. The normalized spacial score (nSPS) is 11.5. The molecule has 166 valence electrons. The molecule has 0 aliphatic rings. The fourth-order valence-electron chi connectivity index (χ4n) is 2.73. The average Bonchev–Trinajstić information content (AvgIpc) is 2.69. The van der Waals surface area contributed by atoms with E-state index in [1.165, 1.54) is 31.4 Å². The fourth-order valence-corrected chi connectivity index (χ4v) is 3.19. The molecular weight excluding hydrogens is 424 g/mol. The monoisotopic (exact) mass is 448 g/mol. The number of carbonyl (C=O) groups excluding carboxylic acids is 1. The molecule has 0 atom stereocenters. The van der Waals surface area contributed by atoms with Crippen LogP contribution in [-0.2, 0) is 21.5 Å². The number of methoxy groups -OCH3 is 1. The molecule has 10 heteroatoms. The second-order valence-corrected chi connectivity index (χ2v) is 8.59. The van der Waals surface area contributed by atoms with E-state index in [1.54, 1.807) is 35.2 Å². The number of non-ortho nitro benzene ring substituents is 1. The molecule has 0 spiro atoms. The number of nitrogens with zero attached hydrogens (tertiary/aromatic N) is 2. The highest BCUT2D eigenvalue weighted by molar-refractivity contribution is 7.86. The largest absolute Gasteiger partial charge is 0.493 e. The molecule has 0 N–H and O–H groups in total. The molecule has 0 aliphatic heterocycles. The molecule has 0 heterocycles. The average molecular weight is 448 g/mol. The summed E-state index contributed by atoms with van der Waals surface area (Å²) in [6.07, 6.45) is 3.90. The molecule has 2 rings (SSSR count). The molecule has 0 fully saturated rings. The lowest BCUT2D eigenvalue weighted by Crippen LogP contribution is -2.35. The van der Waals surface area contributed by atoms with E-state index in [0.717, 1.165) is 6.26 Å². The summed E-state index contributed by atoms with van der Waals surface area (Å²) in [5, 5.41) is 10.7. The number of carbonyl (C=O) groups is 1. The minimum Gasteiger partial charge on any atom is -0.493 e. The summed E-state index contributed by atoms with van der Waals surface area (Å²) >= 11 is 0. The summed E-state index contributed by atoms with van der Waals surface area (Å²) in [6.45, 7) is 3.93. The van der Waals surface area contributed by atoms with Gasteiger partial charge in [0.15, 0.2) is 11.5 Å². The van der Waals surface area contributed by atoms with Crippen molar-refractivity contribution in [1.29, 1.82) is 0 Å². The number of rotatable bonds is 9. The lowest BCUT2D eigenvalue weighted by molar-refractivity contribution is -0.384. The van der Waals surface area contributed by atoms with Gasteiger partial charge in [-0.3, -0.25) is 14.9 Å². The number of nitro benzene ring substituents is 1. The van der Waals surface area contributed by atoms with Crippen LogP contribution in [0.15, 0.2) is 48.5 Å². The molecular formula is C21H24N2O7S. The van der Waals surface area contributed by atoms with Gasteiger partial charge in [0.1, 0.15) is 0 Å². The standard InChI is InChI=1S/C21H24N2O7S/c1-15(2)22(21(24)12-8-16-5-9-18(10-6-16)23(25)26)14-17-7-11-19(29-3)20(13-17)30-31(4,27)28/h5-13,15H,14H2,1-4H3. The maximum absolute atomic E-state index is 12.8. The van der Waals surface area contributed by atoms with Crippen molar-refractivity contribution >= 4 is 27.8 Å². The van der Waals surface area contributed by atoms with E-state index in [4.69, 9.17) is 8.92 Å². The first kappa shape index (κ1) is 23.9. The van der Waals surface area contributed by atoms with Crippen LogP contribution in [0.1, 0.15) is 25.0 Å². The van der Waals surface area contributed by atoms with Crippen LogP contribution in [0.4, 0.5) is 5.69 Å². The highest BCUT2D eigenvalue weighted by Gasteiger charge is 2.18. The molecule has 0 bridgehead atoms. The number of amides is 1. The zero-order valence-corrected chi connectivity index (χ0v) is 18.5. The maximum Gasteiger partial charge on any atom is 0.306 e. The molecule has 0 saturated carbocycles. The van der Waals surface area contributed by atoms with E-state index in [9.17, 15) is 23.3 Å². The smallest absolute Gasteiger partial charge is 0.306 e. The van der Waals surface area contributed by atoms with Gasteiger partial charge in [-0.25, -0.2) is 0 Å². The molecule has 1 amide bonds. The lowest BCUT2D eigenvalue weighted by Gasteiger charge is -2.26. The first-order chi connectivity index (χ1) is 14.5. The van der Waals surface area contributed by atoms with E-state index in [-0.39, 0.29) is 35.7 Å². The van der Waals surface area contributed by atoms with Crippen LogP contribution in [0.5, 0.6) is 11.5 Å². The zero-order valence-electron chi connectivity index (χ0n) is 17.6. The maximum atomic E-state index is 12.8. The molecule has 9 nitrogen and oxygen atoms in total. The summed E-state index contributed by atoms with van der Waals surface area (Å²) in [5.41, 5.74) is 1.28. The minimum absolute atomic E-state index is 0.0288.